The Balaban J connectivity index is 1.85. The summed E-state index contributed by atoms with van der Waals surface area (Å²) < 4.78 is -0.567. The lowest BCUT2D eigenvalue weighted by molar-refractivity contribution is -0.142. The Morgan fingerprint density at radius 3 is 2.45 bits per heavy atom. The van der Waals surface area contributed by atoms with Gasteiger partial charge in [-0.3, -0.25) is 19.2 Å². The number of benzene rings is 1. The zero-order valence-corrected chi connectivity index (χ0v) is 19.2. The number of fused-ring (bicyclic) bond motifs is 3. The molecule has 1 aromatic carbocycles. The number of carbonyl (C=O) groups is 4. The molecule has 3 rings (SSSR count). The highest BCUT2D eigenvalue weighted by atomic mass is 32.2. The molecule has 1 aromatic rings. The molecule has 8 nitrogen and oxygen atoms in total. The van der Waals surface area contributed by atoms with Crippen molar-refractivity contribution in [3.8, 4) is 0 Å². The average molecular weight is 448 g/mol. The molecular formula is C22H29N3O5S. The summed E-state index contributed by atoms with van der Waals surface area (Å²) in [4.78, 5) is 52.0. The predicted molar refractivity (Wildman–Crippen MR) is 117 cm³/mol. The maximum absolute atomic E-state index is 13.4. The van der Waals surface area contributed by atoms with Crippen LogP contribution in [0.3, 0.4) is 0 Å². The number of aliphatic carboxylic acids is 1. The molecule has 0 saturated carbocycles. The van der Waals surface area contributed by atoms with Crippen LogP contribution in [-0.4, -0.2) is 56.6 Å². The second kappa shape index (κ2) is 8.53. The van der Waals surface area contributed by atoms with E-state index in [1.807, 2.05) is 39.8 Å². The molecule has 168 valence electrons. The van der Waals surface area contributed by atoms with Crippen LogP contribution in [0.15, 0.2) is 24.3 Å². The maximum Gasteiger partial charge on any atom is 0.325 e. The molecule has 0 aliphatic carbocycles. The van der Waals surface area contributed by atoms with E-state index >= 15 is 0 Å². The standard InChI is InChI=1S/C22H29N3O5S/c1-6-11(2)15(17(26)23-12(3)21(29)30)24-18(27)16-22(4,5)31-20-14-10-8-7-9-13(14)19(28)25(16)20/h7-12,15-16,20H,6H2,1-5H3,(H,23,26)(H,24,27)(H,29,30)/t11-,12+,15-,16+,20-/m0/s1. The smallest absolute Gasteiger partial charge is 0.325 e. The number of carboxylic acid groups (broad SMARTS) is 1. The van der Waals surface area contributed by atoms with Crippen LogP contribution in [0.4, 0.5) is 0 Å². The van der Waals surface area contributed by atoms with Crippen LogP contribution in [0, 0.1) is 5.92 Å². The van der Waals surface area contributed by atoms with Crippen molar-refractivity contribution in [3.63, 3.8) is 0 Å². The first-order chi connectivity index (χ1) is 14.5. The SMILES string of the molecule is CC[C@H](C)[C@H](NC(=O)[C@H]1N2C(=O)c3ccccc3[C@@H]2SC1(C)C)C(=O)N[C@H](C)C(=O)O. The zero-order chi connectivity index (χ0) is 23.1. The van der Waals surface area contributed by atoms with E-state index in [2.05, 4.69) is 10.6 Å². The average Bonchev–Trinajstić information content (AvgIpc) is 3.14. The molecule has 0 aromatic heterocycles. The van der Waals surface area contributed by atoms with E-state index in [1.54, 1.807) is 28.8 Å². The van der Waals surface area contributed by atoms with Gasteiger partial charge in [0.15, 0.2) is 0 Å². The van der Waals surface area contributed by atoms with E-state index in [-0.39, 0.29) is 17.2 Å². The van der Waals surface area contributed by atoms with Gasteiger partial charge in [-0.05, 0) is 38.3 Å². The number of carboxylic acids is 1. The summed E-state index contributed by atoms with van der Waals surface area (Å²) in [5, 5.41) is 14.1. The monoisotopic (exact) mass is 447 g/mol. The van der Waals surface area contributed by atoms with Gasteiger partial charge in [0, 0.05) is 10.3 Å². The van der Waals surface area contributed by atoms with Crippen molar-refractivity contribution in [1.82, 2.24) is 15.5 Å². The van der Waals surface area contributed by atoms with Crippen LogP contribution in [0.2, 0.25) is 0 Å². The van der Waals surface area contributed by atoms with E-state index < -0.39 is 40.7 Å². The van der Waals surface area contributed by atoms with Gasteiger partial charge < -0.3 is 20.6 Å². The lowest BCUT2D eigenvalue weighted by Crippen LogP contribution is -2.59. The van der Waals surface area contributed by atoms with Gasteiger partial charge in [-0.2, -0.15) is 0 Å². The second-order valence-corrected chi connectivity index (χ2v) is 10.5. The van der Waals surface area contributed by atoms with Crippen LogP contribution < -0.4 is 10.6 Å². The predicted octanol–water partition coefficient (Wildman–Crippen LogP) is 2.16. The van der Waals surface area contributed by atoms with Gasteiger partial charge in [0.1, 0.15) is 23.5 Å². The van der Waals surface area contributed by atoms with Crippen LogP contribution in [-0.2, 0) is 14.4 Å². The second-order valence-electron chi connectivity index (χ2n) is 8.72. The highest BCUT2D eigenvalue weighted by molar-refractivity contribution is 8.01. The summed E-state index contributed by atoms with van der Waals surface area (Å²) in [6, 6.07) is 4.61. The van der Waals surface area contributed by atoms with Gasteiger partial charge in [0.05, 0.1) is 0 Å². The molecule has 31 heavy (non-hydrogen) atoms. The summed E-state index contributed by atoms with van der Waals surface area (Å²) in [5.74, 6) is -2.52. The molecule has 0 bridgehead atoms. The normalized spacial score (nSPS) is 24.0. The summed E-state index contributed by atoms with van der Waals surface area (Å²) in [6.07, 6.45) is 0.610. The molecule has 0 unspecified atom stereocenters. The Labute approximate surface area is 186 Å². The molecule has 3 N–H and O–H groups in total. The Morgan fingerprint density at radius 1 is 1.19 bits per heavy atom. The van der Waals surface area contributed by atoms with Crippen molar-refractivity contribution in [3.05, 3.63) is 35.4 Å². The fraction of sp³-hybridized carbons (Fsp3) is 0.545. The molecule has 0 spiro atoms. The van der Waals surface area contributed by atoms with Crippen LogP contribution >= 0.6 is 11.8 Å². The first kappa shape index (κ1) is 23.1. The zero-order valence-electron chi connectivity index (χ0n) is 18.3. The van der Waals surface area contributed by atoms with Crippen molar-refractivity contribution in [2.75, 3.05) is 0 Å². The first-order valence-corrected chi connectivity index (χ1v) is 11.3. The number of hydrogen-bond donors (Lipinski definition) is 3. The van der Waals surface area contributed by atoms with Crippen LogP contribution in [0.1, 0.15) is 62.3 Å². The summed E-state index contributed by atoms with van der Waals surface area (Å²) in [5.41, 5.74) is 1.49. The Morgan fingerprint density at radius 2 is 1.84 bits per heavy atom. The molecule has 1 saturated heterocycles. The van der Waals surface area contributed by atoms with Gasteiger partial charge in [0.25, 0.3) is 5.91 Å². The number of amides is 3. The summed E-state index contributed by atoms with van der Waals surface area (Å²) >= 11 is 1.55. The molecule has 2 aliphatic heterocycles. The van der Waals surface area contributed by atoms with Crippen molar-refractivity contribution < 1.29 is 24.3 Å². The minimum absolute atomic E-state index is 0.192. The summed E-state index contributed by atoms with van der Waals surface area (Å²) in [6.45, 7) is 8.92. The van der Waals surface area contributed by atoms with E-state index in [1.165, 1.54) is 6.92 Å². The van der Waals surface area contributed by atoms with E-state index in [4.69, 9.17) is 5.11 Å². The van der Waals surface area contributed by atoms with Crippen molar-refractivity contribution in [2.24, 2.45) is 5.92 Å². The Bertz CT molecular complexity index is 918. The number of nitrogens with one attached hydrogen (secondary N) is 2. The summed E-state index contributed by atoms with van der Waals surface area (Å²) in [7, 11) is 0. The molecule has 5 atom stereocenters. The van der Waals surface area contributed by atoms with Gasteiger partial charge in [-0.15, -0.1) is 11.8 Å². The fourth-order valence-electron chi connectivity index (χ4n) is 4.10. The third kappa shape index (κ3) is 4.15. The van der Waals surface area contributed by atoms with Crippen LogP contribution in [0.5, 0.6) is 0 Å². The number of nitrogens with zero attached hydrogens (tertiary/aromatic N) is 1. The van der Waals surface area contributed by atoms with E-state index in [9.17, 15) is 19.2 Å². The van der Waals surface area contributed by atoms with Gasteiger partial charge in [0.2, 0.25) is 11.8 Å². The molecular weight excluding hydrogens is 418 g/mol. The molecule has 9 heteroatoms. The largest absolute Gasteiger partial charge is 0.480 e. The van der Waals surface area contributed by atoms with Gasteiger partial charge in [-0.25, -0.2) is 0 Å². The van der Waals surface area contributed by atoms with Crippen molar-refractivity contribution in [1.29, 1.82) is 0 Å². The molecule has 2 heterocycles. The first-order valence-electron chi connectivity index (χ1n) is 10.4. The van der Waals surface area contributed by atoms with E-state index in [0.717, 1.165) is 5.56 Å². The maximum atomic E-state index is 13.4. The highest BCUT2D eigenvalue weighted by Gasteiger charge is 2.57. The lowest BCUT2D eigenvalue weighted by Gasteiger charge is -2.32. The minimum Gasteiger partial charge on any atom is -0.480 e. The fourth-order valence-corrected chi connectivity index (χ4v) is 5.69. The quantitative estimate of drug-likeness (QED) is 0.590. The van der Waals surface area contributed by atoms with Crippen molar-refractivity contribution in [2.45, 2.75) is 69.3 Å². The van der Waals surface area contributed by atoms with Gasteiger partial charge >= 0.3 is 5.97 Å². The minimum atomic E-state index is -1.15. The van der Waals surface area contributed by atoms with Gasteiger partial charge in [-0.1, -0.05) is 38.5 Å². The molecule has 3 amide bonds. The number of carbonyl (C=O) groups excluding carboxylic acids is 3. The van der Waals surface area contributed by atoms with Crippen molar-refractivity contribution >= 4 is 35.5 Å². The number of hydrogen-bond acceptors (Lipinski definition) is 5. The lowest BCUT2D eigenvalue weighted by atomic mass is 9.95. The Hall–Kier alpha value is -2.55. The highest BCUT2D eigenvalue weighted by Crippen LogP contribution is 2.56. The molecule has 1 fully saturated rings. The van der Waals surface area contributed by atoms with Crippen LogP contribution in [0.25, 0.3) is 0 Å². The van der Waals surface area contributed by atoms with E-state index in [0.29, 0.717) is 12.0 Å². The Kier molecular flexibility index (Phi) is 6.36. The number of thioether (sulfide) groups is 1. The third-order valence-electron chi connectivity index (χ3n) is 6.07. The topological polar surface area (TPSA) is 116 Å². The molecule has 2 aliphatic rings. The molecule has 0 radical (unpaired) electrons. The third-order valence-corrected chi connectivity index (χ3v) is 7.60. The number of rotatable bonds is 7.